The van der Waals surface area contributed by atoms with Crippen LogP contribution < -0.4 is 4.72 Å². The van der Waals surface area contributed by atoms with Gasteiger partial charge in [-0.05, 0) is 17.7 Å². The van der Waals surface area contributed by atoms with Crippen molar-refractivity contribution < 1.29 is 22.3 Å². The summed E-state index contributed by atoms with van der Waals surface area (Å²) in [5.41, 5.74) is 0.403. The monoisotopic (exact) mass is 251 g/mol. The Kier molecular flexibility index (Phi) is 4.34. The van der Waals surface area contributed by atoms with Gasteiger partial charge in [0.15, 0.2) is 0 Å². The fourth-order valence-corrected chi connectivity index (χ4v) is 2.14. The van der Waals surface area contributed by atoms with E-state index in [0.29, 0.717) is 5.56 Å². The highest BCUT2D eigenvalue weighted by Crippen LogP contribution is 2.11. The third-order valence-electron chi connectivity index (χ3n) is 1.82. The van der Waals surface area contributed by atoms with Gasteiger partial charge in [-0.2, -0.15) is 0 Å². The Morgan fingerprint density at radius 1 is 1.38 bits per heavy atom. The molecular formula is C9H11F2NO3S. The Hall–Kier alpha value is -1.05. The first-order chi connectivity index (χ1) is 7.45. The second-order valence-electron chi connectivity index (χ2n) is 3.05. The number of halogens is 2. The minimum atomic E-state index is -3.93. The second kappa shape index (κ2) is 5.33. The van der Waals surface area contributed by atoms with Gasteiger partial charge in [0, 0.05) is 0 Å². The van der Waals surface area contributed by atoms with Crippen molar-refractivity contribution in [2.75, 3.05) is 6.54 Å². The molecule has 0 spiro atoms. The molecule has 0 amide bonds. The first kappa shape index (κ1) is 13.0. The van der Waals surface area contributed by atoms with Crippen LogP contribution in [0.5, 0.6) is 0 Å². The summed E-state index contributed by atoms with van der Waals surface area (Å²) < 4.78 is 48.4. The summed E-state index contributed by atoms with van der Waals surface area (Å²) in [6.45, 7) is -1.23. The molecule has 4 nitrogen and oxygen atoms in total. The summed E-state index contributed by atoms with van der Waals surface area (Å²) in [4.78, 5) is -0.139. The van der Waals surface area contributed by atoms with E-state index in [-0.39, 0.29) is 11.5 Å². The molecule has 0 aliphatic heterocycles. The molecule has 16 heavy (non-hydrogen) atoms. The number of rotatable bonds is 5. The Bertz CT molecular complexity index is 448. The average Bonchev–Trinajstić information content (AvgIpc) is 2.27. The van der Waals surface area contributed by atoms with Crippen molar-refractivity contribution in [3.05, 3.63) is 29.8 Å². The highest BCUT2D eigenvalue weighted by molar-refractivity contribution is 7.89. The molecular weight excluding hydrogens is 240 g/mol. The van der Waals surface area contributed by atoms with E-state index in [1.54, 1.807) is 4.72 Å². The number of alkyl halides is 2. The van der Waals surface area contributed by atoms with Gasteiger partial charge in [-0.1, -0.05) is 12.1 Å². The molecule has 0 unspecified atom stereocenters. The van der Waals surface area contributed by atoms with Crippen LogP contribution in [-0.4, -0.2) is 26.5 Å². The maximum atomic E-state index is 11.9. The molecule has 0 aromatic heterocycles. The number of benzene rings is 1. The number of hydrogen-bond acceptors (Lipinski definition) is 3. The van der Waals surface area contributed by atoms with Gasteiger partial charge in [0.25, 0.3) is 6.43 Å². The van der Waals surface area contributed by atoms with Gasteiger partial charge < -0.3 is 5.11 Å². The van der Waals surface area contributed by atoms with Crippen LogP contribution in [0.3, 0.4) is 0 Å². The van der Waals surface area contributed by atoms with Crippen molar-refractivity contribution in [2.24, 2.45) is 0 Å². The minimum Gasteiger partial charge on any atom is -0.392 e. The van der Waals surface area contributed by atoms with Gasteiger partial charge in [0.2, 0.25) is 10.0 Å². The summed E-state index contributed by atoms with van der Waals surface area (Å²) in [6, 6.07) is 5.47. The first-order valence-electron chi connectivity index (χ1n) is 4.43. The molecule has 2 N–H and O–H groups in total. The summed E-state index contributed by atoms with van der Waals surface area (Å²) >= 11 is 0. The lowest BCUT2D eigenvalue weighted by Crippen LogP contribution is -2.28. The van der Waals surface area contributed by atoms with Crippen LogP contribution in [0.1, 0.15) is 5.56 Å². The van der Waals surface area contributed by atoms with Crippen molar-refractivity contribution in [2.45, 2.75) is 17.9 Å². The molecule has 0 atom stereocenters. The molecule has 7 heteroatoms. The highest BCUT2D eigenvalue weighted by Gasteiger charge is 2.16. The van der Waals surface area contributed by atoms with Crippen LogP contribution in [0.2, 0.25) is 0 Å². The zero-order valence-electron chi connectivity index (χ0n) is 8.23. The van der Waals surface area contributed by atoms with E-state index in [1.165, 1.54) is 24.3 Å². The van der Waals surface area contributed by atoms with E-state index in [0.717, 1.165) is 0 Å². The standard InChI is InChI=1S/C9H11F2NO3S/c10-9(11)5-12-16(14,15)8-3-1-2-7(4-8)6-13/h1-4,9,12-13H,5-6H2. The largest absolute Gasteiger partial charge is 0.392 e. The maximum Gasteiger partial charge on any atom is 0.251 e. The maximum absolute atomic E-state index is 11.9. The number of nitrogens with one attached hydrogen (secondary N) is 1. The predicted octanol–water partition coefficient (Wildman–Crippen LogP) is 0.722. The normalized spacial score (nSPS) is 12.0. The van der Waals surface area contributed by atoms with E-state index in [9.17, 15) is 17.2 Å². The predicted molar refractivity (Wildman–Crippen MR) is 53.6 cm³/mol. The molecule has 1 aromatic carbocycles. The lowest BCUT2D eigenvalue weighted by molar-refractivity contribution is 0.153. The van der Waals surface area contributed by atoms with E-state index < -0.39 is 23.0 Å². The van der Waals surface area contributed by atoms with Gasteiger partial charge in [-0.15, -0.1) is 0 Å². The van der Waals surface area contributed by atoms with E-state index in [1.807, 2.05) is 0 Å². The molecule has 1 aromatic rings. The fraction of sp³-hybridized carbons (Fsp3) is 0.333. The van der Waals surface area contributed by atoms with Crippen LogP contribution in [-0.2, 0) is 16.6 Å². The molecule has 0 radical (unpaired) electrons. The van der Waals surface area contributed by atoms with Gasteiger partial charge in [-0.3, -0.25) is 0 Å². The zero-order chi connectivity index (χ0) is 12.2. The third-order valence-corrected chi connectivity index (χ3v) is 3.24. The van der Waals surface area contributed by atoms with Crippen molar-refractivity contribution in [1.82, 2.24) is 4.72 Å². The SMILES string of the molecule is O=S(=O)(NCC(F)F)c1cccc(CO)c1. The number of sulfonamides is 1. The molecule has 0 fully saturated rings. The number of aliphatic hydroxyl groups is 1. The third kappa shape index (κ3) is 3.51. The smallest absolute Gasteiger partial charge is 0.251 e. The Morgan fingerprint density at radius 2 is 2.06 bits per heavy atom. The lowest BCUT2D eigenvalue weighted by atomic mass is 10.2. The molecule has 0 bridgehead atoms. The highest BCUT2D eigenvalue weighted by atomic mass is 32.2. The van der Waals surface area contributed by atoms with Crippen LogP contribution in [0.15, 0.2) is 29.2 Å². The number of hydrogen-bond donors (Lipinski definition) is 2. The molecule has 90 valence electrons. The fourth-order valence-electron chi connectivity index (χ4n) is 1.07. The summed E-state index contributed by atoms with van der Waals surface area (Å²) in [5, 5.41) is 8.81. The molecule has 1 rings (SSSR count). The Morgan fingerprint density at radius 3 is 2.62 bits per heavy atom. The molecule has 0 aliphatic carbocycles. The summed E-state index contributed by atoms with van der Waals surface area (Å²) in [5.74, 6) is 0. The summed E-state index contributed by atoms with van der Waals surface area (Å²) in [6.07, 6.45) is -2.74. The quantitative estimate of drug-likeness (QED) is 0.810. The topological polar surface area (TPSA) is 66.4 Å². The molecule has 0 saturated carbocycles. The van der Waals surface area contributed by atoms with E-state index in [2.05, 4.69) is 0 Å². The molecule has 0 aliphatic rings. The van der Waals surface area contributed by atoms with Crippen molar-refractivity contribution in [3.63, 3.8) is 0 Å². The lowest BCUT2D eigenvalue weighted by Gasteiger charge is -2.06. The zero-order valence-corrected chi connectivity index (χ0v) is 9.05. The van der Waals surface area contributed by atoms with Crippen LogP contribution >= 0.6 is 0 Å². The van der Waals surface area contributed by atoms with Gasteiger partial charge in [-0.25, -0.2) is 21.9 Å². The van der Waals surface area contributed by atoms with Crippen LogP contribution in [0.4, 0.5) is 8.78 Å². The van der Waals surface area contributed by atoms with Crippen molar-refractivity contribution in [3.8, 4) is 0 Å². The first-order valence-corrected chi connectivity index (χ1v) is 5.91. The van der Waals surface area contributed by atoms with Gasteiger partial charge in [0.1, 0.15) is 0 Å². The van der Waals surface area contributed by atoms with Crippen LogP contribution in [0, 0.1) is 0 Å². The van der Waals surface area contributed by atoms with Gasteiger partial charge in [0.05, 0.1) is 18.0 Å². The Labute approximate surface area is 92.0 Å². The van der Waals surface area contributed by atoms with Crippen molar-refractivity contribution in [1.29, 1.82) is 0 Å². The Balaban J connectivity index is 2.89. The van der Waals surface area contributed by atoms with Crippen molar-refractivity contribution >= 4 is 10.0 Å². The van der Waals surface area contributed by atoms with E-state index in [4.69, 9.17) is 5.11 Å². The van der Waals surface area contributed by atoms with Crippen LogP contribution in [0.25, 0.3) is 0 Å². The minimum absolute atomic E-state index is 0.139. The molecule has 0 heterocycles. The van der Waals surface area contributed by atoms with E-state index >= 15 is 0 Å². The second-order valence-corrected chi connectivity index (χ2v) is 4.82. The summed E-state index contributed by atoms with van der Waals surface area (Å²) in [7, 11) is -3.93. The average molecular weight is 251 g/mol. The molecule has 0 saturated heterocycles. The number of aliphatic hydroxyl groups excluding tert-OH is 1. The van der Waals surface area contributed by atoms with Gasteiger partial charge >= 0.3 is 0 Å².